The number of Topliss-reactive ketones (excluding diaryl/α,β-unsaturated/α-hetero) is 1. The summed E-state index contributed by atoms with van der Waals surface area (Å²) in [5.74, 6) is -0.479. The maximum atomic E-state index is 13.2. The number of nitro groups is 1. The quantitative estimate of drug-likeness (QED) is 0.586. The van der Waals surface area contributed by atoms with Crippen molar-refractivity contribution >= 4 is 23.1 Å². The zero-order valence-corrected chi connectivity index (χ0v) is 15.6. The number of aryl methyl sites for hydroxylation is 1. The van der Waals surface area contributed by atoms with Crippen molar-refractivity contribution < 1.29 is 14.5 Å². The number of hydrogen-bond acceptors (Lipinski definition) is 4. The van der Waals surface area contributed by atoms with E-state index in [1.54, 1.807) is 18.2 Å². The Labute approximate surface area is 162 Å². The summed E-state index contributed by atoms with van der Waals surface area (Å²) in [5.41, 5.74) is 3.37. The van der Waals surface area contributed by atoms with Crippen molar-refractivity contribution in [3.05, 3.63) is 81.0 Å². The molecule has 0 radical (unpaired) electrons. The highest BCUT2D eigenvalue weighted by Crippen LogP contribution is 2.45. The summed E-state index contributed by atoms with van der Waals surface area (Å²) < 4.78 is 0. The van der Waals surface area contributed by atoms with Gasteiger partial charge >= 0.3 is 0 Å². The van der Waals surface area contributed by atoms with Gasteiger partial charge in [-0.2, -0.15) is 0 Å². The number of amides is 1. The first-order valence-corrected chi connectivity index (χ1v) is 9.36. The van der Waals surface area contributed by atoms with Crippen molar-refractivity contribution in [3.63, 3.8) is 0 Å². The van der Waals surface area contributed by atoms with Crippen molar-refractivity contribution in [2.75, 3.05) is 4.90 Å². The monoisotopic (exact) mass is 376 g/mol. The first kappa shape index (κ1) is 18.1. The second-order valence-corrected chi connectivity index (χ2v) is 7.28. The molecule has 2 aliphatic rings. The molecule has 0 fully saturated rings. The minimum absolute atomic E-state index is 0.0313. The van der Waals surface area contributed by atoms with E-state index in [9.17, 15) is 19.7 Å². The third kappa shape index (κ3) is 3.01. The molecule has 0 saturated carbocycles. The number of carbonyl (C=O) groups excluding carboxylic acids is 2. The first-order chi connectivity index (χ1) is 13.5. The summed E-state index contributed by atoms with van der Waals surface area (Å²) in [6.07, 6.45) is 1.77. The number of hydrogen-bond donors (Lipinski definition) is 0. The van der Waals surface area contributed by atoms with Gasteiger partial charge in [-0.25, -0.2) is 0 Å². The van der Waals surface area contributed by atoms with Gasteiger partial charge in [-0.3, -0.25) is 24.6 Å². The fourth-order valence-corrected chi connectivity index (χ4v) is 4.25. The van der Waals surface area contributed by atoms with Crippen molar-refractivity contribution in [3.8, 4) is 0 Å². The van der Waals surface area contributed by atoms with E-state index in [1.807, 2.05) is 31.2 Å². The molecule has 0 N–H and O–H groups in total. The van der Waals surface area contributed by atoms with Gasteiger partial charge in [-0.05, 0) is 31.4 Å². The molecule has 1 atom stereocenters. The number of benzene rings is 2. The molecule has 0 bridgehead atoms. The summed E-state index contributed by atoms with van der Waals surface area (Å²) in [5, 5.41) is 11.5. The molecule has 0 aromatic heterocycles. The van der Waals surface area contributed by atoms with Crippen LogP contribution in [0.1, 0.15) is 42.7 Å². The smallest absolute Gasteiger partial charge is 0.293 e. The number of ketones is 1. The van der Waals surface area contributed by atoms with Crippen molar-refractivity contribution in [2.45, 2.75) is 38.5 Å². The van der Waals surface area contributed by atoms with E-state index in [0.717, 1.165) is 11.1 Å². The van der Waals surface area contributed by atoms with Gasteiger partial charge in [0.15, 0.2) is 5.78 Å². The Bertz CT molecular complexity index is 1020. The summed E-state index contributed by atoms with van der Waals surface area (Å²) >= 11 is 0. The fourth-order valence-electron chi connectivity index (χ4n) is 4.25. The second-order valence-electron chi connectivity index (χ2n) is 7.28. The van der Waals surface area contributed by atoms with E-state index in [-0.39, 0.29) is 35.4 Å². The van der Waals surface area contributed by atoms with Gasteiger partial charge in [-0.15, -0.1) is 0 Å². The summed E-state index contributed by atoms with van der Waals surface area (Å²) in [6.45, 7) is 1.98. The average Bonchev–Trinajstić information content (AvgIpc) is 2.67. The van der Waals surface area contributed by atoms with Crippen LogP contribution in [0.5, 0.6) is 0 Å². The maximum Gasteiger partial charge on any atom is 0.293 e. The molecule has 1 aliphatic heterocycles. The van der Waals surface area contributed by atoms with Gasteiger partial charge in [0.25, 0.3) is 5.69 Å². The summed E-state index contributed by atoms with van der Waals surface area (Å²) in [4.78, 5) is 38.5. The molecule has 28 heavy (non-hydrogen) atoms. The molecule has 1 heterocycles. The lowest BCUT2D eigenvalue weighted by atomic mass is 9.77. The zero-order valence-electron chi connectivity index (χ0n) is 15.6. The Balaban J connectivity index is 1.90. The Morgan fingerprint density at radius 1 is 1.07 bits per heavy atom. The topological polar surface area (TPSA) is 80.5 Å². The SMILES string of the molecule is Cc1cccc(C2CC(=O)N(c3ccccc3[N+](=O)[O-])C3=C2C(=O)CCC3)c1. The predicted octanol–water partition coefficient (Wildman–Crippen LogP) is 4.43. The molecular formula is C22H20N2O4. The molecular weight excluding hydrogens is 356 g/mol. The molecule has 1 unspecified atom stereocenters. The molecule has 6 heteroatoms. The van der Waals surface area contributed by atoms with Crippen LogP contribution in [0.15, 0.2) is 59.8 Å². The van der Waals surface area contributed by atoms with Crippen LogP contribution in [0, 0.1) is 17.0 Å². The maximum absolute atomic E-state index is 13.2. The average molecular weight is 376 g/mol. The van der Waals surface area contributed by atoms with Crippen LogP contribution < -0.4 is 4.90 Å². The molecule has 2 aromatic carbocycles. The first-order valence-electron chi connectivity index (χ1n) is 9.36. The van der Waals surface area contributed by atoms with Gasteiger partial charge in [0, 0.05) is 36.1 Å². The highest BCUT2D eigenvalue weighted by molar-refractivity contribution is 6.08. The van der Waals surface area contributed by atoms with Crippen LogP contribution in [0.4, 0.5) is 11.4 Å². The molecule has 6 nitrogen and oxygen atoms in total. The lowest BCUT2D eigenvalue weighted by molar-refractivity contribution is -0.384. The van der Waals surface area contributed by atoms with E-state index < -0.39 is 4.92 Å². The van der Waals surface area contributed by atoms with E-state index in [2.05, 4.69) is 0 Å². The Morgan fingerprint density at radius 3 is 2.61 bits per heavy atom. The molecule has 1 amide bonds. The summed E-state index contributed by atoms with van der Waals surface area (Å²) in [6, 6.07) is 14.1. The minimum Gasteiger partial charge on any atom is -0.294 e. The van der Waals surface area contributed by atoms with Gasteiger partial charge in [0.1, 0.15) is 5.69 Å². The lowest BCUT2D eigenvalue weighted by Crippen LogP contribution is -2.40. The molecule has 2 aromatic rings. The number of allylic oxidation sites excluding steroid dienone is 2. The number of anilines is 1. The largest absolute Gasteiger partial charge is 0.294 e. The Kier molecular flexibility index (Phi) is 4.55. The predicted molar refractivity (Wildman–Crippen MR) is 105 cm³/mol. The molecule has 1 aliphatic carbocycles. The van der Waals surface area contributed by atoms with E-state index in [1.165, 1.54) is 11.0 Å². The molecule has 4 rings (SSSR count). The standard InChI is InChI=1S/C22H20N2O4/c1-14-6-4-7-15(12-14)16-13-21(26)23(19-10-5-11-20(25)22(16)19)17-8-2-3-9-18(17)24(27)28/h2-4,6-9,12,16H,5,10-11,13H2,1H3. The zero-order chi connectivity index (χ0) is 19.8. The minimum atomic E-state index is -0.486. The second kappa shape index (κ2) is 7.03. The van der Waals surface area contributed by atoms with Gasteiger partial charge < -0.3 is 0 Å². The van der Waals surface area contributed by atoms with Crippen LogP contribution in [0.3, 0.4) is 0 Å². The number of rotatable bonds is 3. The summed E-state index contributed by atoms with van der Waals surface area (Å²) in [7, 11) is 0. The van der Waals surface area contributed by atoms with E-state index in [0.29, 0.717) is 30.5 Å². The number of nitro benzene ring substituents is 1. The number of carbonyl (C=O) groups is 2. The normalized spacial score (nSPS) is 19.6. The highest BCUT2D eigenvalue weighted by atomic mass is 16.6. The fraction of sp³-hybridized carbons (Fsp3) is 0.273. The van der Waals surface area contributed by atoms with Crippen LogP contribution in [-0.4, -0.2) is 16.6 Å². The van der Waals surface area contributed by atoms with Crippen LogP contribution >= 0.6 is 0 Å². The molecule has 0 saturated heterocycles. The Morgan fingerprint density at radius 2 is 1.86 bits per heavy atom. The third-order valence-corrected chi connectivity index (χ3v) is 5.44. The van der Waals surface area contributed by atoms with Crippen molar-refractivity contribution in [1.82, 2.24) is 0 Å². The van der Waals surface area contributed by atoms with Gasteiger partial charge in [-0.1, -0.05) is 42.0 Å². The van der Waals surface area contributed by atoms with Gasteiger partial charge in [0.2, 0.25) is 5.91 Å². The van der Waals surface area contributed by atoms with Crippen molar-refractivity contribution in [1.29, 1.82) is 0 Å². The Hall–Kier alpha value is -3.28. The van der Waals surface area contributed by atoms with Crippen LogP contribution in [0.25, 0.3) is 0 Å². The highest BCUT2D eigenvalue weighted by Gasteiger charge is 2.41. The van der Waals surface area contributed by atoms with Crippen molar-refractivity contribution in [2.24, 2.45) is 0 Å². The van der Waals surface area contributed by atoms with Crippen LogP contribution in [-0.2, 0) is 9.59 Å². The van der Waals surface area contributed by atoms with Crippen LogP contribution in [0.2, 0.25) is 0 Å². The number of nitrogens with zero attached hydrogens (tertiary/aromatic N) is 2. The molecule has 142 valence electrons. The lowest BCUT2D eigenvalue weighted by Gasteiger charge is -2.38. The van der Waals surface area contributed by atoms with E-state index in [4.69, 9.17) is 0 Å². The van der Waals surface area contributed by atoms with E-state index >= 15 is 0 Å². The third-order valence-electron chi connectivity index (χ3n) is 5.44. The number of para-hydroxylation sites is 2. The molecule has 0 spiro atoms. The van der Waals surface area contributed by atoms with Gasteiger partial charge in [0.05, 0.1) is 4.92 Å².